The van der Waals surface area contributed by atoms with E-state index in [9.17, 15) is 17.2 Å². The molecule has 1 aromatic heterocycles. The second-order valence-corrected chi connectivity index (χ2v) is 7.87. The zero-order valence-electron chi connectivity index (χ0n) is 9.86. The number of sulfonamides is 1. The lowest BCUT2D eigenvalue weighted by Gasteiger charge is -2.08. The summed E-state index contributed by atoms with van der Waals surface area (Å²) in [6.45, 7) is 0.188. The molecule has 0 atom stereocenters. The number of rotatable bonds is 4. The van der Waals surface area contributed by atoms with Gasteiger partial charge in [-0.05, 0) is 34.1 Å². The molecule has 0 spiro atoms. The minimum atomic E-state index is -4.02. The van der Waals surface area contributed by atoms with Crippen LogP contribution in [0.25, 0.3) is 0 Å². The Kier molecular flexibility index (Phi) is 4.43. The van der Waals surface area contributed by atoms with Crippen LogP contribution in [0.1, 0.15) is 4.88 Å². The smallest absolute Gasteiger partial charge is 0.263 e. The summed E-state index contributed by atoms with van der Waals surface area (Å²) in [6, 6.07) is 4.64. The molecule has 4 nitrogen and oxygen atoms in total. The van der Waals surface area contributed by atoms with Crippen molar-refractivity contribution in [2.75, 3.05) is 4.72 Å². The van der Waals surface area contributed by atoms with Gasteiger partial charge in [0.25, 0.3) is 10.0 Å². The summed E-state index contributed by atoms with van der Waals surface area (Å²) in [5, 5.41) is 0. The first-order valence-electron chi connectivity index (χ1n) is 5.30. The molecule has 2 aromatic rings. The summed E-state index contributed by atoms with van der Waals surface area (Å²) in [5.74, 6) is -2.38. The predicted octanol–water partition coefficient (Wildman–Crippen LogP) is 3.05. The van der Waals surface area contributed by atoms with Crippen LogP contribution < -0.4 is 10.5 Å². The van der Waals surface area contributed by atoms with Gasteiger partial charge in [0.1, 0.15) is 4.90 Å². The normalized spacial score (nSPS) is 11.6. The van der Waals surface area contributed by atoms with Crippen molar-refractivity contribution < 1.29 is 17.2 Å². The van der Waals surface area contributed by atoms with E-state index in [1.54, 1.807) is 0 Å². The fourth-order valence-electron chi connectivity index (χ4n) is 1.46. The molecule has 0 fully saturated rings. The molecule has 1 heterocycles. The number of benzene rings is 1. The third-order valence-electron chi connectivity index (χ3n) is 2.39. The first-order valence-corrected chi connectivity index (χ1v) is 8.39. The van der Waals surface area contributed by atoms with Crippen molar-refractivity contribution >= 4 is 43.0 Å². The third kappa shape index (κ3) is 3.00. The average molecular weight is 383 g/mol. The lowest BCUT2D eigenvalue weighted by Crippen LogP contribution is -2.14. The standard InChI is InChI=1S/C11H9BrF2N2O2S2/c12-11-9(4-6(5-15)19-11)20(17,18)16-8-3-1-2-7(13)10(8)14/h1-4,16H,5,15H2. The van der Waals surface area contributed by atoms with Gasteiger partial charge in [-0.3, -0.25) is 4.72 Å². The molecule has 1 aromatic carbocycles. The highest BCUT2D eigenvalue weighted by Gasteiger charge is 2.22. The highest BCUT2D eigenvalue weighted by Crippen LogP contribution is 2.33. The summed E-state index contributed by atoms with van der Waals surface area (Å²) in [5.41, 5.74) is 4.99. The third-order valence-corrected chi connectivity index (χ3v) is 6.03. The van der Waals surface area contributed by atoms with E-state index in [-0.39, 0.29) is 11.4 Å². The van der Waals surface area contributed by atoms with Gasteiger partial charge in [0.05, 0.1) is 9.47 Å². The van der Waals surface area contributed by atoms with Crippen LogP contribution in [0.2, 0.25) is 0 Å². The molecule has 3 N–H and O–H groups in total. The maximum Gasteiger partial charge on any atom is 0.263 e. The Labute approximate surface area is 126 Å². The van der Waals surface area contributed by atoms with Crippen molar-refractivity contribution in [2.24, 2.45) is 5.73 Å². The molecule has 0 aliphatic rings. The molecule has 0 bridgehead atoms. The highest BCUT2D eigenvalue weighted by atomic mass is 79.9. The zero-order chi connectivity index (χ0) is 14.9. The largest absolute Gasteiger partial charge is 0.326 e. The molecule has 9 heteroatoms. The van der Waals surface area contributed by atoms with Crippen molar-refractivity contribution in [2.45, 2.75) is 11.4 Å². The monoisotopic (exact) mass is 382 g/mol. The number of nitrogens with one attached hydrogen (secondary N) is 1. The summed E-state index contributed by atoms with van der Waals surface area (Å²) < 4.78 is 53.2. The Morgan fingerprint density at radius 3 is 2.65 bits per heavy atom. The quantitative estimate of drug-likeness (QED) is 0.853. The topological polar surface area (TPSA) is 72.2 Å². The molecule has 0 radical (unpaired) electrons. The molecule has 0 unspecified atom stereocenters. The molecule has 0 amide bonds. The number of hydrogen-bond acceptors (Lipinski definition) is 4. The van der Waals surface area contributed by atoms with Crippen LogP contribution in [0.15, 0.2) is 32.9 Å². The van der Waals surface area contributed by atoms with Crippen LogP contribution >= 0.6 is 27.3 Å². The van der Waals surface area contributed by atoms with Gasteiger partial charge in [0, 0.05) is 11.4 Å². The Morgan fingerprint density at radius 1 is 1.35 bits per heavy atom. The van der Waals surface area contributed by atoms with Gasteiger partial charge in [-0.2, -0.15) is 0 Å². The van der Waals surface area contributed by atoms with E-state index >= 15 is 0 Å². The van der Waals surface area contributed by atoms with Crippen LogP contribution in [0, 0.1) is 11.6 Å². The summed E-state index contributed by atoms with van der Waals surface area (Å²) in [4.78, 5) is 0.587. The van der Waals surface area contributed by atoms with Gasteiger partial charge in [-0.25, -0.2) is 17.2 Å². The molecule has 0 aliphatic carbocycles. The van der Waals surface area contributed by atoms with E-state index in [0.29, 0.717) is 8.66 Å². The Hall–Kier alpha value is -1.03. The van der Waals surface area contributed by atoms with Crippen molar-refractivity contribution in [3.63, 3.8) is 0 Å². The van der Waals surface area contributed by atoms with Gasteiger partial charge < -0.3 is 5.73 Å². The molecule has 20 heavy (non-hydrogen) atoms. The van der Waals surface area contributed by atoms with Crippen LogP contribution in [-0.2, 0) is 16.6 Å². The van der Waals surface area contributed by atoms with E-state index in [0.717, 1.165) is 23.5 Å². The number of hydrogen-bond donors (Lipinski definition) is 2. The lowest BCUT2D eigenvalue weighted by molar-refractivity contribution is 0.511. The van der Waals surface area contributed by atoms with Crippen LogP contribution in [0.4, 0.5) is 14.5 Å². The second-order valence-electron chi connectivity index (χ2n) is 3.76. The fourth-order valence-corrected chi connectivity index (χ4v) is 5.09. The number of thiophene rings is 1. The van der Waals surface area contributed by atoms with Crippen molar-refractivity contribution in [1.82, 2.24) is 0 Å². The minimum Gasteiger partial charge on any atom is -0.326 e. The number of halogens is 3. The molecular weight excluding hydrogens is 374 g/mol. The maximum atomic E-state index is 13.5. The van der Waals surface area contributed by atoms with Crippen LogP contribution in [0.5, 0.6) is 0 Å². The molecule has 2 rings (SSSR count). The van der Waals surface area contributed by atoms with Gasteiger partial charge in [0.15, 0.2) is 11.6 Å². The van der Waals surface area contributed by atoms with E-state index < -0.39 is 27.3 Å². The first-order chi connectivity index (χ1) is 9.35. The van der Waals surface area contributed by atoms with Crippen molar-refractivity contribution in [1.29, 1.82) is 0 Å². The minimum absolute atomic E-state index is 0.0633. The molecule has 0 aliphatic heterocycles. The van der Waals surface area contributed by atoms with Crippen molar-refractivity contribution in [3.05, 3.63) is 44.6 Å². The van der Waals surface area contributed by atoms with Gasteiger partial charge in [-0.1, -0.05) is 6.07 Å². The number of nitrogens with two attached hydrogens (primary N) is 1. The second kappa shape index (κ2) is 5.76. The molecule has 0 saturated heterocycles. The van der Waals surface area contributed by atoms with Gasteiger partial charge in [0.2, 0.25) is 0 Å². The first kappa shape index (κ1) is 15.4. The SMILES string of the molecule is NCc1cc(S(=O)(=O)Nc2cccc(F)c2F)c(Br)s1. The van der Waals surface area contributed by atoms with Crippen molar-refractivity contribution in [3.8, 4) is 0 Å². The van der Waals surface area contributed by atoms with Crippen LogP contribution in [-0.4, -0.2) is 8.42 Å². The summed E-state index contributed by atoms with van der Waals surface area (Å²) in [6.07, 6.45) is 0. The Bertz CT molecular complexity index is 747. The zero-order valence-corrected chi connectivity index (χ0v) is 13.1. The van der Waals surface area contributed by atoms with Crippen LogP contribution in [0.3, 0.4) is 0 Å². The number of anilines is 1. The predicted molar refractivity (Wildman–Crippen MR) is 77.1 cm³/mol. The molecular formula is C11H9BrF2N2O2S2. The van der Waals surface area contributed by atoms with Gasteiger partial charge in [-0.15, -0.1) is 11.3 Å². The summed E-state index contributed by atoms with van der Waals surface area (Å²) in [7, 11) is -4.02. The van der Waals surface area contributed by atoms with E-state index in [1.807, 2.05) is 4.72 Å². The Balaban J connectivity index is 2.40. The van der Waals surface area contributed by atoms with E-state index in [1.165, 1.54) is 12.1 Å². The highest BCUT2D eigenvalue weighted by molar-refractivity contribution is 9.11. The van der Waals surface area contributed by atoms with E-state index in [4.69, 9.17) is 5.73 Å². The van der Waals surface area contributed by atoms with E-state index in [2.05, 4.69) is 15.9 Å². The van der Waals surface area contributed by atoms with Gasteiger partial charge >= 0.3 is 0 Å². The molecule has 0 saturated carbocycles. The fraction of sp³-hybridized carbons (Fsp3) is 0.0909. The molecule has 108 valence electrons. The lowest BCUT2D eigenvalue weighted by atomic mass is 10.3. The maximum absolute atomic E-state index is 13.5. The summed E-state index contributed by atoms with van der Waals surface area (Å²) >= 11 is 4.28. The Morgan fingerprint density at radius 2 is 2.05 bits per heavy atom. The average Bonchev–Trinajstić information content (AvgIpc) is 2.77.